The topological polar surface area (TPSA) is 20.3 Å². The zero-order valence-corrected chi connectivity index (χ0v) is 8.03. The number of amides is 1. The second-order valence-electron chi connectivity index (χ2n) is 3.61. The van der Waals surface area contributed by atoms with Crippen molar-refractivity contribution in [1.29, 1.82) is 0 Å². The van der Waals surface area contributed by atoms with Crippen LogP contribution >= 0.6 is 0 Å². The van der Waals surface area contributed by atoms with E-state index in [4.69, 9.17) is 0 Å². The Morgan fingerprint density at radius 2 is 2.00 bits per heavy atom. The molecule has 14 heavy (non-hydrogen) atoms. The fraction of sp³-hybridized carbons (Fsp3) is 0.364. The number of likely N-dealkylation sites (tertiary alicyclic amines) is 1. The number of hydrogen-bond donors (Lipinski definition) is 0. The summed E-state index contributed by atoms with van der Waals surface area (Å²) in [5.74, 6) is -0.0694. The largest absolute Gasteiger partial charge is 0.339 e. The first-order valence-corrected chi connectivity index (χ1v) is 4.69. The van der Waals surface area contributed by atoms with Crippen LogP contribution in [0.3, 0.4) is 0 Å². The van der Waals surface area contributed by atoms with Gasteiger partial charge in [-0.3, -0.25) is 4.79 Å². The number of carbonyl (C=O) groups is 1. The van der Waals surface area contributed by atoms with Crippen LogP contribution in [0.15, 0.2) is 24.3 Å². The van der Waals surface area contributed by atoms with Gasteiger partial charge in [0.25, 0.3) is 0 Å². The monoisotopic (exact) mass is 193 g/mol. The molecule has 2 rings (SSSR count). The molecule has 1 atom stereocenters. The third kappa shape index (κ3) is 1.50. The summed E-state index contributed by atoms with van der Waals surface area (Å²) in [4.78, 5) is 13.0. The van der Waals surface area contributed by atoms with Gasteiger partial charge in [-0.1, -0.05) is 12.1 Å². The Morgan fingerprint density at radius 1 is 1.36 bits per heavy atom. The quantitative estimate of drug-likeness (QED) is 0.669. The van der Waals surface area contributed by atoms with Gasteiger partial charge in [-0.25, -0.2) is 4.39 Å². The van der Waals surface area contributed by atoms with E-state index in [9.17, 15) is 9.18 Å². The minimum atomic E-state index is -0.235. The summed E-state index contributed by atoms with van der Waals surface area (Å²) in [6, 6.07) is 6.49. The van der Waals surface area contributed by atoms with E-state index in [0.717, 1.165) is 12.0 Å². The van der Waals surface area contributed by atoms with Crippen molar-refractivity contribution in [2.45, 2.75) is 18.9 Å². The van der Waals surface area contributed by atoms with E-state index in [1.165, 1.54) is 12.1 Å². The molecule has 1 aromatic rings. The summed E-state index contributed by atoms with van der Waals surface area (Å²) >= 11 is 0. The van der Waals surface area contributed by atoms with Gasteiger partial charge in [-0.2, -0.15) is 0 Å². The molecule has 1 heterocycles. The normalized spacial score (nSPS) is 21.7. The maximum Gasteiger partial charge on any atom is 0.222 e. The Balaban J connectivity index is 2.23. The summed E-state index contributed by atoms with van der Waals surface area (Å²) in [7, 11) is 1.79. The van der Waals surface area contributed by atoms with Gasteiger partial charge in [-0.05, 0) is 24.1 Å². The predicted octanol–water partition coefficient (Wildman–Crippen LogP) is 2.12. The van der Waals surface area contributed by atoms with Gasteiger partial charge in [0.05, 0.1) is 6.04 Å². The molecule has 0 aromatic heterocycles. The maximum absolute atomic E-state index is 12.7. The highest BCUT2D eigenvalue weighted by Gasteiger charge is 2.28. The van der Waals surface area contributed by atoms with Crippen LogP contribution in [-0.4, -0.2) is 17.9 Å². The smallest absolute Gasteiger partial charge is 0.222 e. The van der Waals surface area contributed by atoms with Gasteiger partial charge >= 0.3 is 0 Å². The third-order valence-corrected chi connectivity index (χ3v) is 2.75. The summed E-state index contributed by atoms with van der Waals surface area (Å²) in [6.45, 7) is 0. The van der Waals surface area contributed by atoms with Crippen molar-refractivity contribution in [2.75, 3.05) is 7.05 Å². The molecule has 3 heteroatoms. The molecular formula is C11H12FNO. The first-order valence-electron chi connectivity index (χ1n) is 4.69. The van der Waals surface area contributed by atoms with Gasteiger partial charge in [0.2, 0.25) is 5.91 Å². The van der Waals surface area contributed by atoms with E-state index in [2.05, 4.69) is 0 Å². The number of rotatable bonds is 1. The second-order valence-corrected chi connectivity index (χ2v) is 3.61. The molecule has 0 saturated carbocycles. The lowest BCUT2D eigenvalue weighted by atomic mass is 10.1. The van der Waals surface area contributed by atoms with Crippen LogP contribution in [0.5, 0.6) is 0 Å². The van der Waals surface area contributed by atoms with Crippen LogP contribution in [-0.2, 0) is 4.79 Å². The molecule has 0 spiro atoms. The van der Waals surface area contributed by atoms with Gasteiger partial charge in [-0.15, -0.1) is 0 Å². The van der Waals surface area contributed by atoms with Crippen LogP contribution in [0.4, 0.5) is 4.39 Å². The Bertz CT molecular complexity index is 347. The molecular weight excluding hydrogens is 181 g/mol. The van der Waals surface area contributed by atoms with E-state index in [0.29, 0.717) is 6.42 Å². The Morgan fingerprint density at radius 3 is 2.50 bits per heavy atom. The van der Waals surface area contributed by atoms with Crippen molar-refractivity contribution < 1.29 is 9.18 Å². The number of nitrogens with zero attached hydrogens (tertiary/aromatic N) is 1. The van der Waals surface area contributed by atoms with E-state index in [1.807, 2.05) is 0 Å². The average molecular weight is 193 g/mol. The Hall–Kier alpha value is -1.38. The Kier molecular flexibility index (Phi) is 2.23. The molecule has 1 fully saturated rings. The lowest BCUT2D eigenvalue weighted by Crippen LogP contribution is -2.22. The van der Waals surface area contributed by atoms with Crippen molar-refractivity contribution >= 4 is 5.91 Å². The number of hydrogen-bond acceptors (Lipinski definition) is 1. The molecule has 0 aliphatic carbocycles. The molecule has 1 aromatic carbocycles. The lowest BCUT2D eigenvalue weighted by Gasteiger charge is -2.19. The fourth-order valence-corrected chi connectivity index (χ4v) is 1.88. The minimum absolute atomic E-state index is 0.128. The summed E-state index contributed by atoms with van der Waals surface area (Å²) in [5, 5.41) is 0. The van der Waals surface area contributed by atoms with Gasteiger partial charge in [0, 0.05) is 13.5 Å². The molecule has 2 nitrogen and oxygen atoms in total. The van der Waals surface area contributed by atoms with E-state index < -0.39 is 0 Å². The highest BCUT2D eigenvalue weighted by Crippen LogP contribution is 2.30. The van der Waals surface area contributed by atoms with Crippen molar-refractivity contribution in [1.82, 2.24) is 4.90 Å². The summed E-state index contributed by atoms with van der Waals surface area (Å²) < 4.78 is 12.7. The zero-order chi connectivity index (χ0) is 10.1. The molecule has 0 unspecified atom stereocenters. The molecule has 0 bridgehead atoms. The third-order valence-electron chi connectivity index (χ3n) is 2.75. The Labute approximate surface area is 82.3 Å². The van der Waals surface area contributed by atoms with Gasteiger partial charge in [0.1, 0.15) is 5.82 Å². The van der Waals surface area contributed by atoms with E-state index in [1.54, 1.807) is 24.1 Å². The van der Waals surface area contributed by atoms with Gasteiger partial charge < -0.3 is 4.90 Å². The van der Waals surface area contributed by atoms with E-state index in [-0.39, 0.29) is 17.8 Å². The summed E-state index contributed by atoms with van der Waals surface area (Å²) in [5.41, 5.74) is 1.01. The van der Waals surface area contributed by atoms with Gasteiger partial charge in [0.15, 0.2) is 0 Å². The SMILES string of the molecule is CN1C(=O)CC[C@@H]1c1ccc(F)cc1. The van der Waals surface area contributed by atoms with Crippen LogP contribution in [0.25, 0.3) is 0 Å². The first-order chi connectivity index (χ1) is 6.68. The highest BCUT2D eigenvalue weighted by atomic mass is 19.1. The van der Waals surface area contributed by atoms with E-state index >= 15 is 0 Å². The minimum Gasteiger partial charge on any atom is -0.339 e. The number of carbonyl (C=O) groups excluding carboxylic acids is 1. The van der Waals surface area contributed by atoms with Crippen molar-refractivity contribution in [3.63, 3.8) is 0 Å². The van der Waals surface area contributed by atoms with Crippen LogP contribution in [0.1, 0.15) is 24.4 Å². The van der Waals surface area contributed by atoms with Crippen LogP contribution < -0.4 is 0 Å². The molecule has 1 amide bonds. The molecule has 1 aliphatic heterocycles. The molecule has 1 saturated heterocycles. The lowest BCUT2D eigenvalue weighted by molar-refractivity contribution is -0.127. The fourth-order valence-electron chi connectivity index (χ4n) is 1.88. The molecule has 0 radical (unpaired) electrons. The molecule has 1 aliphatic rings. The standard InChI is InChI=1S/C11H12FNO/c1-13-10(6-7-11(13)14)8-2-4-9(12)5-3-8/h2-5,10H,6-7H2,1H3/t10-/m1/s1. The van der Waals surface area contributed by atoms with Crippen LogP contribution in [0, 0.1) is 5.82 Å². The van der Waals surface area contributed by atoms with Crippen molar-refractivity contribution in [3.05, 3.63) is 35.6 Å². The molecule has 74 valence electrons. The summed E-state index contributed by atoms with van der Waals surface area (Å²) in [6.07, 6.45) is 1.43. The second kappa shape index (κ2) is 3.40. The first kappa shape index (κ1) is 9.19. The number of halogens is 1. The number of benzene rings is 1. The molecule has 0 N–H and O–H groups in total. The zero-order valence-electron chi connectivity index (χ0n) is 8.03. The van der Waals surface area contributed by atoms with Crippen molar-refractivity contribution in [2.24, 2.45) is 0 Å². The average Bonchev–Trinajstić information content (AvgIpc) is 2.50. The maximum atomic E-state index is 12.7. The highest BCUT2D eigenvalue weighted by molar-refractivity contribution is 5.78. The van der Waals surface area contributed by atoms with Crippen molar-refractivity contribution in [3.8, 4) is 0 Å². The van der Waals surface area contributed by atoms with Crippen LogP contribution in [0.2, 0.25) is 0 Å². The predicted molar refractivity (Wildman–Crippen MR) is 51.1 cm³/mol.